The summed E-state index contributed by atoms with van der Waals surface area (Å²) in [5.41, 5.74) is 13.3. The van der Waals surface area contributed by atoms with Crippen LogP contribution in [0.5, 0.6) is 0 Å². The first-order valence-corrected chi connectivity index (χ1v) is 7.11. The molecule has 4 N–H and O–H groups in total. The summed E-state index contributed by atoms with van der Waals surface area (Å²) in [6, 6.07) is 14.8. The molecule has 0 fully saturated rings. The van der Waals surface area contributed by atoms with Crippen molar-refractivity contribution in [1.29, 1.82) is 0 Å². The molecule has 110 valence electrons. The van der Waals surface area contributed by atoms with E-state index in [2.05, 4.69) is 0 Å². The minimum Gasteiger partial charge on any atom is -0.444 e. The first-order valence-electron chi connectivity index (χ1n) is 6.33. The Bertz CT molecular complexity index is 620. The second-order valence-electron chi connectivity index (χ2n) is 4.42. The van der Waals surface area contributed by atoms with E-state index in [0.717, 1.165) is 10.5 Å². The van der Waals surface area contributed by atoms with E-state index in [1.165, 1.54) is 16.3 Å². The number of amides is 1. The summed E-state index contributed by atoms with van der Waals surface area (Å²) in [6.45, 7) is 0.244. The van der Waals surface area contributed by atoms with Gasteiger partial charge in [0.25, 0.3) is 0 Å². The standard InChI is InChI=1S/C15H17N3O2S/c1-18(21-12-7-8-13(16)14(17)9-12)15(19)20-10-11-5-3-2-4-6-11/h2-9H,10,16-17H2,1H3. The maximum atomic E-state index is 11.9. The lowest BCUT2D eigenvalue weighted by Crippen LogP contribution is -2.20. The molecule has 0 radical (unpaired) electrons. The van der Waals surface area contributed by atoms with E-state index in [-0.39, 0.29) is 6.61 Å². The Hall–Kier alpha value is -2.34. The van der Waals surface area contributed by atoms with Gasteiger partial charge in [0.2, 0.25) is 0 Å². The highest BCUT2D eigenvalue weighted by Crippen LogP contribution is 2.26. The summed E-state index contributed by atoms with van der Waals surface area (Å²) in [7, 11) is 1.64. The van der Waals surface area contributed by atoms with Gasteiger partial charge in [0.1, 0.15) is 6.61 Å². The van der Waals surface area contributed by atoms with Gasteiger partial charge >= 0.3 is 6.09 Å². The van der Waals surface area contributed by atoms with Gasteiger partial charge in [-0.15, -0.1) is 0 Å². The van der Waals surface area contributed by atoms with E-state index in [0.29, 0.717) is 11.4 Å². The smallest absolute Gasteiger partial charge is 0.420 e. The van der Waals surface area contributed by atoms with Crippen LogP contribution in [0.1, 0.15) is 5.56 Å². The molecule has 0 aliphatic heterocycles. The normalized spacial score (nSPS) is 10.1. The highest BCUT2D eigenvalue weighted by atomic mass is 32.2. The number of ether oxygens (including phenoxy) is 1. The van der Waals surface area contributed by atoms with Crippen molar-refractivity contribution in [3.63, 3.8) is 0 Å². The number of hydrogen-bond acceptors (Lipinski definition) is 5. The first-order chi connectivity index (χ1) is 10.1. The number of carbonyl (C=O) groups is 1. The minimum atomic E-state index is -0.417. The molecule has 6 heteroatoms. The Morgan fingerprint density at radius 2 is 1.86 bits per heavy atom. The maximum Gasteiger partial charge on any atom is 0.420 e. The van der Waals surface area contributed by atoms with E-state index in [1.807, 2.05) is 30.3 Å². The number of nitrogens with two attached hydrogens (primary N) is 2. The molecule has 0 saturated carbocycles. The third-order valence-electron chi connectivity index (χ3n) is 2.76. The summed E-state index contributed by atoms with van der Waals surface area (Å²) in [5.74, 6) is 0. The summed E-state index contributed by atoms with van der Waals surface area (Å²) in [4.78, 5) is 12.7. The monoisotopic (exact) mass is 303 g/mol. The molecule has 2 rings (SSSR count). The number of benzene rings is 2. The van der Waals surface area contributed by atoms with Crippen molar-refractivity contribution in [3.05, 3.63) is 54.1 Å². The molecule has 0 atom stereocenters. The van der Waals surface area contributed by atoms with Crippen LogP contribution in [0.2, 0.25) is 0 Å². The van der Waals surface area contributed by atoms with Gasteiger partial charge in [-0.25, -0.2) is 4.79 Å². The van der Waals surface area contributed by atoms with Crippen molar-refractivity contribution in [1.82, 2.24) is 4.31 Å². The SMILES string of the molecule is CN(Sc1ccc(N)c(N)c1)C(=O)OCc1ccccc1. The molecule has 1 amide bonds. The van der Waals surface area contributed by atoms with Crippen LogP contribution in [0.15, 0.2) is 53.4 Å². The quantitative estimate of drug-likeness (QED) is 0.670. The number of anilines is 2. The largest absolute Gasteiger partial charge is 0.444 e. The molecule has 0 heterocycles. The van der Waals surface area contributed by atoms with Crippen molar-refractivity contribution in [2.75, 3.05) is 18.5 Å². The summed E-state index contributed by atoms with van der Waals surface area (Å²) < 4.78 is 6.64. The van der Waals surface area contributed by atoms with Gasteiger partial charge in [-0.05, 0) is 35.7 Å². The van der Waals surface area contributed by atoms with Crippen LogP contribution in [-0.2, 0) is 11.3 Å². The zero-order valence-corrected chi connectivity index (χ0v) is 12.5. The summed E-state index contributed by atoms with van der Waals surface area (Å²) >= 11 is 1.23. The summed E-state index contributed by atoms with van der Waals surface area (Å²) in [6.07, 6.45) is -0.417. The second kappa shape index (κ2) is 6.90. The van der Waals surface area contributed by atoms with Crippen LogP contribution in [0.4, 0.5) is 16.2 Å². The first kappa shape index (κ1) is 15.1. The number of rotatable bonds is 4. The van der Waals surface area contributed by atoms with Crippen LogP contribution < -0.4 is 11.5 Å². The Labute approximate surface area is 128 Å². The Morgan fingerprint density at radius 1 is 1.14 bits per heavy atom. The van der Waals surface area contributed by atoms with Crippen molar-refractivity contribution >= 4 is 29.4 Å². The highest BCUT2D eigenvalue weighted by molar-refractivity contribution is 7.97. The van der Waals surface area contributed by atoms with Crippen molar-refractivity contribution in [2.24, 2.45) is 0 Å². The van der Waals surface area contributed by atoms with Crippen LogP contribution >= 0.6 is 11.9 Å². The van der Waals surface area contributed by atoms with Crippen LogP contribution in [0, 0.1) is 0 Å². The maximum absolute atomic E-state index is 11.9. The van der Waals surface area contributed by atoms with Crippen LogP contribution in [0.3, 0.4) is 0 Å². The molecule has 0 bridgehead atoms. The predicted molar refractivity (Wildman–Crippen MR) is 85.5 cm³/mol. The van der Waals surface area contributed by atoms with Gasteiger partial charge in [-0.3, -0.25) is 4.31 Å². The minimum absolute atomic E-state index is 0.244. The molecule has 21 heavy (non-hydrogen) atoms. The molecule has 0 aliphatic rings. The number of nitrogen functional groups attached to an aromatic ring is 2. The van der Waals surface area contributed by atoms with E-state index in [1.54, 1.807) is 25.2 Å². The van der Waals surface area contributed by atoms with E-state index < -0.39 is 6.09 Å². The predicted octanol–water partition coefficient (Wildman–Crippen LogP) is 3.13. The average Bonchev–Trinajstić information content (AvgIpc) is 2.49. The zero-order chi connectivity index (χ0) is 15.2. The molecular weight excluding hydrogens is 286 g/mol. The molecule has 0 spiro atoms. The number of hydrogen-bond donors (Lipinski definition) is 2. The van der Waals surface area contributed by atoms with Crippen molar-refractivity contribution in [3.8, 4) is 0 Å². The van der Waals surface area contributed by atoms with Crippen molar-refractivity contribution in [2.45, 2.75) is 11.5 Å². The fraction of sp³-hybridized carbons (Fsp3) is 0.133. The topological polar surface area (TPSA) is 81.6 Å². The Kier molecular flexibility index (Phi) is 4.94. The Balaban J connectivity index is 1.88. The fourth-order valence-electron chi connectivity index (χ4n) is 1.62. The summed E-state index contributed by atoms with van der Waals surface area (Å²) in [5, 5.41) is 0. The van der Waals surface area contributed by atoms with Gasteiger partial charge in [-0.2, -0.15) is 0 Å². The lowest BCUT2D eigenvalue weighted by Gasteiger charge is -2.16. The molecule has 0 unspecified atom stereocenters. The van der Waals surface area contributed by atoms with Gasteiger partial charge < -0.3 is 16.2 Å². The third kappa shape index (κ3) is 4.32. The molecule has 2 aromatic rings. The fourth-order valence-corrected chi connectivity index (χ4v) is 2.37. The number of nitrogens with zero attached hydrogens (tertiary/aromatic N) is 1. The van der Waals surface area contributed by atoms with Crippen LogP contribution in [0.25, 0.3) is 0 Å². The van der Waals surface area contributed by atoms with E-state index in [4.69, 9.17) is 16.2 Å². The molecular formula is C15H17N3O2S. The zero-order valence-electron chi connectivity index (χ0n) is 11.7. The molecule has 0 aliphatic carbocycles. The lowest BCUT2D eigenvalue weighted by atomic mass is 10.2. The van der Waals surface area contributed by atoms with Gasteiger partial charge in [0.15, 0.2) is 0 Å². The van der Waals surface area contributed by atoms with Crippen molar-refractivity contribution < 1.29 is 9.53 Å². The second-order valence-corrected chi connectivity index (χ2v) is 5.62. The molecule has 0 saturated heterocycles. The van der Waals surface area contributed by atoms with Gasteiger partial charge in [-0.1, -0.05) is 30.3 Å². The van der Waals surface area contributed by atoms with Crippen LogP contribution in [-0.4, -0.2) is 17.4 Å². The third-order valence-corrected chi connectivity index (χ3v) is 3.65. The van der Waals surface area contributed by atoms with Gasteiger partial charge in [0, 0.05) is 11.9 Å². The lowest BCUT2D eigenvalue weighted by molar-refractivity contribution is 0.126. The van der Waals surface area contributed by atoms with Gasteiger partial charge in [0.05, 0.1) is 11.4 Å². The molecule has 0 aromatic heterocycles. The van der Waals surface area contributed by atoms with E-state index in [9.17, 15) is 4.79 Å². The molecule has 2 aromatic carbocycles. The number of carbonyl (C=O) groups excluding carboxylic acids is 1. The highest BCUT2D eigenvalue weighted by Gasteiger charge is 2.12. The average molecular weight is 303 g/mol. The Morgan fingerprint density at radius 3 is 2.52 bits per heavy atom. The van der Waals surface area contributed by atoms with E-state index >= 15 is 0 Å². The molecule has 5 nitrogen and oxygen atoms in total.